The predicted molar refractivity (Wildman–Crippen MR) is 344 cm³/mol. The molecule has 0 aromatic carbocycles. The van der Waals surface area contributed by atoms with E-state index in [2.05, 4.69) is 81.5 Å². The zero-order chi connectivity index (χ0) is 62.4. The molecule has 0 spiro atoms. The van der Waals surface area contributed by atoms with E-state index >= 15 is 0 Å². The first-order valence-electron chi connectivity index (χ1n) is 33.6. The summed E-state index contributed by atoms with van der Waals surface area (Å²) in [6.07, 6.45) is 61.3. The zero-order valence-electron chi connectivity index (χ0n) is 53.5. The van der Waals surface area contributed by atoms with Gasteiger partial charge in [0.15, 0.2) is 6.10 Å². The molecule has 85 heavy (non-hydrogen) atoms. The van der Waals surface area contributed by atoms with Gasteiger partial charge in [-0.2, -0.15) is 0 Å². The number of unbranched alkanes of at least 4 members (excludes halogenated alkanes) is 31. The molecule has 0 rings (SSSR count). The minimum absolute atomic E-state index is 0.108. The fourth-order valence-corrected chi connectivity index (χ4v) is 10.6. The van der Waals surface area contributed by atoms with Crippen molar-refractivity contribution in [3.8, 4) is 0 Å². The van der Waals surface area contributed by atoms with Crippen molar-refractivity contribution in [2.45, 2.75) is 309 Å². The van der Waals surface area contributed by atoms with Crippen LogP contribution >= 0.6 is 15.6 Å². The topological polar surface area (TPSA) is 231 Å². The fraction of sp³-hybridized carbons (Fsp3) is 0.806. The number of allylic oxidation sites excluding steroid dienone is 10. The highest BCUT2D eigenvalue weighted by atomic mass is 31.2. The maximum Gasteiger partial charge on any atom is 0.472 e. The van der Waals surface area contributed by atoms with Gasteiger partial charge in [0.1, 0.15) is 25.4 Å². The molecule has 16 nitrogen and oxygen atoms in total. The third kappa shape index (κ3) is 62.7. The Morgan fingerprint density at radius 2 is 0.588 bits per heavy atom. The average molecular weight is 1250 g/mol. The lowest BCUT2D eigenvalue weighted by atomic mass is 10.0. The van der Waals surface area contributed by atoms with Crippen LogP contribution in [0.25, 0.3) is 0 Å². The van der Waals surface area contributed by atoms with E-state index in [1.165, 1.54) is 116 Å². The molecular formula is C67H122O16P2. The first-order chi connectivity index (χ1) is 41.2. The normalized spacial score (nSPS) is 14.7. The zero-order valence-corrected chi connectivity index (χ0v) is 55.3. The molecule has 18 heteroatoms. The number of rotatable bonds is 64. The number of aliphatic hydroxyl groups is 2. The third-order valence-corrected chi connectivity index (χ3v) is 16.1. The summed E-state index contributed by atoms with van der Waals surface area (Å²) in [5.41, 5.74) is 0. The quantitative estimate of drug-likeness (QED) is 0.0146. The van der Waals surface area contributed by atoms with Crippen LogP contribution in [-0.2, 0) is 55.8 Å². The van der Waals surface area contributed by atoms with Gasteiger partial charge in [-0.1, -0.05) is 242 Å². The van der Waals surface area contributed by atoms with Gasteiger partial charge in [-0.3, -0.25) is 32.5 Å². The lowest BCUT2D eigenvalue weighted by Gasteiger charge is -2.21. The number of esters is 3. The van der Waals surface area contributed by atoms with E-state index in [9.17, 15) is 43.5 Å². The molecule has 0 fully saturated rings. The Bertz CT molecular complexity index is 1800. The van der Waals surface area contributed by atoms with E-state index < -0.39 is 91.5 Å². The minimum Gasteiger partial charge on any atom is -0.463 e. The lowest BCUT2D eigenvalue weighted by Crippen LogP contribution is -2.30. The maximum absolute atomic E-state index is 12.9. The van der Waals surface area contributed by atoms with E-state index in [1.54, 1.807) is 0 Å². The van der Waals surface area contributed by atoms with E-state index in [-0.39, 0.29) is 19.3 Å². The Hall–Kier alpha value is -2.75. The number of ether oxygens (including phenoxy) is 3. The van der Waals surface area contributed by atoms with Gasteiger partial charge < -0.3 is 34.2 Å². The number of phosphoric ester groups is 2. The van der Waals surface area contributed by atoms with Crippen molar-refractivity contribution in [1.29, 1.82) is 0 Å². The summed E-state index contributed by atoms with van der Waals surface area (Å²) in [7, 11) is -9.76. The highest BCUT2D eigenvalue weighted by Gasteiger charge is 2.29. The molecule has 496 valence electrons. The second-order valence-electron chi connectivity index (χ2n) is 22.6. The van der Waals surface area contributed by atoms with Crippen molar-refractivity contribution in [2.75, 3.05) is 39.6 Å². The molecule has 0 aromatic heterocycles. The summed E-state index contributed by atoms with van der Waals surface area (Å²) in [4.78, 5) is 58.3. The Morgan fingerprint density at radius 1 is 0.329 bits per heavy atom. The molecule has 4 N–H and O–H groups in total. The van der Waals surface area contributed by atoms with Crippen LogP contribution in [0.3, 0.4) is 0 Å². The number of carbonyl (C=O) groups excluding carboxylic acids is 3. The van der Waals surface area contributed by atoms with Crippen LogP contribution < -0.4 is 0 Å². The smallest absolute Gasteiger partial charge is 0.463 e. The van der Waals surface area contributed by atoms with Gasteiger partial charge in [0, 0.05) is 19.3 Å². The highest BCUT2D eigenvalue weighted by molar-refractivity contribution is 7.47. The van der Waals surface area contributed by atoms with Crippen LogP contribution in [0.4, 0.5) is 0 Å². The predicted octanol–water partition coefficient (Wildman–Crippen LogP) is 18.2. The molecule has 0 aromatic rings. The van der Waals surface area contributed by atoms with Gasteiger partial charge in [-0.25, -0.2) is 9.13 Å². The van der Waals surface area contributed by atoms with Crippen molar-refractivity contribution < 1.29 is 75.8 Å². The number of hydrogen-bond acceptors (Lipinski definition) is 14. The molecule has 0 bridgehead atoms. The van der Waals surface area contributed by atoms with E-state index in [0.29, 0.717) is 19.3 Å². The second-order valence-corrected chi connectivity index (χ2v) is 25.5. The van der Waals surface area contributed by atoms with Crippen LogP contribution in [0, 0.1) is 0 Å². The molecule has 0 aliphatic carbocycles. The second kappa shape index (κ2) is 61.5. The van der Waals surface area contributed by atoms with Gasteiger partial charge >= 0.3 is 33.6 Å². The van der Waals surface area contributed by atoms with Crippen LogP contribution in [0.2, 0.25) is 0 Å². The SMILES string of the molecule is CCCCC/C=C\C/C=C\C/C=C\C/C=C\CCCCCCCC(=O)OCC(O)COP(=O)(O)OCC(O)COP(=O)(O)OCC(COC(=O)CCCCCCC/C=C\CCCCCCCC)OC(=O)CCCCCCCCCCCCCCC. The van der Waals surface area contributed by atoms with Crippen molar-refractivity contribution in [3.63, 3.8) is 0 Å². The molecular weight excluding hydrogens is 1120 g/mol. The maximum atomic E-state index is 12.9. The molecule has 0 radical (unpaired) electrons. The molecule has 0 heterocycles. The number of aliphatic hydroxyl groups excluding tert-OH is 2. The monoisotopic (exact) mass is 1240 g/mol. The summed E-state index contributed by atoms with van der Waals surface area (Å²) in [5.74, 6) is -1.59. The third-order valence-electron chi connectivity index (χ3n) is 14.2. The van der Waals surface area contributed by atoms with Gasteiger partial charge in [0.25, 0.3) is 0 Å². The highest BCUT2D eigenvalue weighted by Crippen LogP contribution is 2.45. The molecule has 5 unspecified atom stereocenters. The van der Waals surface area contributed by atoms with Crippen LogP contribution in [0.1, 0.15) is 290 Å². The largest absolute Gasteiger partial charge is 0.472 e. The summed E-state index contributed by atoms with van der Waals surface area (Å²) in [6.45, 7) is 2.63. The lowest BCUT2D eigenvalue weighted by molar-refractivity contribution is -0.161. The van der Waals surface area contributed by atoms with Crippen LogP contribution in [0.5, 0.6) is 0 Å². The van der Waals surface area contributed by atoms with Crippen molar-refractivity contribution in [3.05, 3.63) is 60.8 Å². The fourth-order valence-electron chi connectivity index (χ4n) is 9.02. The van der Waals surface area contributed by atoms with Crippen molar-refractivity contribution >= 4 is 33.6 Å². The van der Waals surface area contributed by atoms with Crippen molar-refractivity contribution in [1.82, 2.24) is 0 Å². The van der Waals surface area contributed by atoms with Gasteiger partial charge in [0.05, 0.1) is 26.4 Å². The van der Waals surface area contributed by atoms with E-state index in [4.69, 9.17) is 32.3 Å². The Morgan fingerprint density at radius 3 is 0.965 bits per heavy atom. The summed E-state index contributed by atoms with van der Waals surface area (Å²) in [6, 6.07) is 0. The Kier molecular flexibility index (Phi) is 59.5. The molecule has 5 atom stereocenters. The standard InChI is InChI=1S/C67H122O16P2/c1-4-7-10-13-16-19-22-25-27-28-29-30-31-32-34-37-38-41-44-47-50-53-65(70)77-56-62(68)57-79-84(73,74)80-58-63(69)59-81-85(75,76)82-61-64(83-67(72)55-52-49-46-43-40-35-24-21-18-15-12-9-6-3)60-78-66(71)54-51-48-45-42-39-36-33-26-23-20-17-14-11-8-5-2/h16,19,25-27,29-30,32-34,62-64,68-69H,4-15,17-18,20-24,28,31,35-61H2,1-3H3,(H,73,74)(H,75,76)/b19-16-,27-25-,30-29-,33-26-,34-32-. The van der Waals surface area contributed by atoms with Crippen molar-refractivity contribution in [2.24, 2.45) is 0 Å². The van der Waals surface area contributed by atoms with Crippen LogP contribution in [0.15, 0.2) is 60.8 Å². The molecule has 0 saturated carbocycles. The Balaban J connectivity index is 4.61. The molecule has 0 amide bonds. The van der Waals surface area contributed by atoms with Crippen LogP contribution in [-0.4, -0.2) is 95.9 Å². The number of hydrogen-bond donors (Lipinski definition) is 4. The summed E-state index contributed by atoms with van der Waals surface area (Å²) < 4.78 is 60.8. The Labute approximate surface area is 516 Å². The number of carbonyl (C=O) groups is 3. The number of phosphoric acid groups is 2. The molecule has 0 aliphatic heterocycles. The first kappa shape index (κ1) is 82.2. The van der Waals surface area contributed by atoms with Gasteiger partial charge in [0.2, 0.25) is 0 Å². The minimum atomic E-state index is -4.92. The van der Waals surface area contributed by atoms with Gasteiger partial charge in [-0.05, 0) is 89.9 Å². The molecule has 0 saturated heterocycles. The summed E-state index contributed by atoms with van der Waals surface area (Å²) >= 11 is 0. The van der Waals surface area contributed by atoms with E-state index in [0.717, 1.165) is 116 Å². The van der Waals surface area contributed by atoms with Gasteiger partial charge in [-0.15, -0.1) is 0 Å². The molecule has 0 aliphatic rings. The van der Waals surface area contributed by atoms with E-state index in [1.807, 2.05) is 0 Å². The summed E-state index contributed by atoms with van der Waals surface area (Å²) in [5, 5.41) is 20.5. The average Bonchev–Trinajstić information content (AvgIpc) is 3.51. The first-order valence-corrected chi connectivity index (χ1v) is 36.6.